The summed E-state index contributed by atoms with van der Waals surface area (Å²) in [4.78, 5) is 0. The molecule has 1 aromatic carbocycles. The maximum atomic E-state index is 13.1. The summed E-state index contributed by atoms with van der Waals surface area (Å²) < 4.78 is 26.3. The molecule has 0 radical (unpaired) electrons. The lowest BCUT2D eigenvalue weighted by atomic mass is 10.1. The zero-order valence-electron chi connectivity index (χ0n) is 6.97. The normalized spacial score (nSPS) is 11.1. The Kier molecular flexibility index (Phi) is 3.19. The average Bonchev–Trinajstić information content (AvgIpc) is 2.18. The molecule has 14 heavy (non-hydrogen) atoms. The van der Waals surface area contributed by atoms with Gasteiger partial charge in [0.15, 0.2) is 0 Å². The molecule has 1 rings (SSSR count). The van der Waals surface area contributed by atoms with E-state index in [1.165, 1.54) is 12.1 Å². The molecule has 2 nitrogen and oxygen atoms in total. The Morgan fingerprint density at radius 3 is 2.64 bits per heavy atom. The zero-order chi connectivity index (χ0) is 10.8. The van der Waals surface area contributed by atoms with Crippen molar-refractivity contribution in [3.63, 3.8) is 0 Å². The van der Waals surface area contributed by atoms with E-state index in [0.717, 1.165) is 6.07 Å². The summed E-state index contributed by atoms with van der Waals surface area (Å²) >= 11 is 2.94. The molecule has 0 unspecified atom stereocenters. The van der Waals surface area contributed by atoms with E-state index in [9.17, 15) is 8.78 Å². The number of rotatable bonds is 2. The first-order valence-electron chi connectivity index (χ1n) is 3.70. The molecule has 0 spiro atoms. The summed E-state index contributed by atoms with van der Waals surface area (Å²) in [5, 5.41) is 17.0. The molecule has 0 aliphatic heterocycles. The second-order valence-electron chi connectivity index (χ2n) is 2.67. The fourth-order valence-corrected chi connectivity index (χ4v) is 1.50. The van der Waals surface area contributed by atoms with Gasteiger partial charge in [0, 0.05) is 10.0 Å². The molecule has 0 fully saturated rings. The first-order chi connectivity index (χ1) is 6.51. The van der Waals surface area contributed by atoms with Crippen LogP contribution in [0.5, 0.6) is 0 Å². The Labute approximate surface area is 87.9 Å². The van der Waals surface area contributed by atoms with Gasteiger partial charge >= 0.3 is 0 Å². The van der Waals surface area contributed by atoms with E-state index in [1.807, 2.05) is 0 Å². The maximum absolute atomic E-state index is 13.1. The van der Waals surface area contributed by atoms with Crippen LogP contribution in [0.2, 0.25) is 0 Å². The molecule has 5 heteroatoms. The van der Waals surface area contributed by atoms with E-state index in [1.54, 1.807) is 6.07 Å². The Morgan fingerprint density at radius 2 is 2.14 bits per heavy atom. The summed E-state index contributed by atoms with van der Waals surface area (Å²) in [5.74, 6) is -3.33. The van der Waals surface area contributed by atoms with E-state index >= 15 is 0 Å². The molecular formula is C9H6BrF2NO. The lowest BCUT2D eigenvalue weighted by Crippen LogP contribution is -2.19. The molecule has 0 heterocycles. The van der Waals surface area contributed by atoms with Gasteiger partial charge < -0.3 is 5.11 Å². The van der Waals surface area contributed by atoms with E-state index in [4.69, 9.17) is 10.4 Å². The lowest BCUT2D eigenvalue weighted by Gasteiger charge is -2.15. The van der Waals surface area contributed by atoms with Gasteiger partial charge in [-0.2, -0.15) is 14.0 Å². The molecule has 0 atom stereocenters. The topological polar surface area (TPSA) is 44.0 Å². The number of aliphatic hydroxyl groups excluding tert-OH is 1. The van der Waals surface area contributed by atoms with Gasteiger partial charge in [0.1, 0.15) is 6.61 Å². The number of hydrogen-bond donors (Lipinski definition) is 1. The van der Waals surface area contributed by atoms with Gasteiger partial charge in [-0.15, -0.1) is 0 Å². The molecule has 0 aromatic heterocycles. The van der Waals surface area contributed by atoms with E-state index in [2.05, 4.69) is 15.9 Å². The molecule has 1 aromatic rings. The van der Waals surface area contributed by atoms with Crippen LogP contribution in [-0.4, -0.2) is 11.7 Å². The van der Waals surface area contributed by atoms with Gasteiger partial charge in [0.25, 0.3) is 5.92 Å². The molecule has 1 N–H and O–H groups in total. The first kappa shape index (κ1) is 11.1. The number of halogens is 3. The Morgan fingerprint density at radius 1 is 1.50 bits per heavy atom. The highest BCUT2D eigenvalue weighted by Gasteiger charge is 2.32. The van der Waals surface area contributed by atoms with Crippen LogP contribution in [0.15, 0.2) is 22.7 Å². The summed E-state index contributed by atoms with van der Waals surface area (Å²) in [6.07, 6.45) is 0. The number of aliphatic hydroxyl groups is 1. The molecule has 0 saturated heterocycles. The van der Waals surface area contributed by atoms with Gasteiger partial charge in [0.2, 0.25) is 0 Å². The lowest BCUT2D eigenvalue weighted by molar-refractivity contribution is -0.0562. The fourth-order valence-electron chi connectivity index (χ4n) is 0.960. The molecule has 0 bridgehead atoms. The minimum atomic E-state index is -3.33. The number of nitriles is 1. The van der Waals surface area contributed by atoms with Crippen molar-refractivity contribution >= 4 is 15.9 Å². The van der Waals surface area contributed by atoms with Crippen molar-refractivity contribution in [2.24, 2.45) is 0 Å². The largest absolute Gasteiger partial charge is 0.390 e. The summed E-state index contributed by atoms with van der Waals surface area (Å²) in [7, 11) is 0. The van der Waals surface area contributed by atoms with Crippen molar-refractivity contribution in [2.75, 3.05) is 6.61 Å². The quantitative estimate of drug-likeness (QED) is 0.889. The van der Waals surface area contributed by atoms with Crippen LogP contribution in [0.4, 0.5) is 8.78 Å². The number of alkyl halides is 2. The van der Waals surface area contributed by atoms with Gasteiger partial charge in [-0.3, -0.25) is 0 Å². The predicted molar refractivity (Wildman–Crippen MR) is 49.8 cm³/mol. The summed E-state index contributed by atoms with van der Waals surface area (Å²) in [6.45, 7) is -1.28. The molecule has 0 aliphatic carbocycles. The standard InChI is InChI=1S/C9H6BrF2NO/c10-8-2-1-6(4-13)3-7(8)9(11,12)5-14/h1-3,14H,5H2. The number of hydrogen-bond acceptors (Lipinski definition) is 2. The third kappa shape index (κ3) is 2.08. The average molecular weight is 262 g/mol. The third-order valence-electron chi connectivity index (χ3n) is 1.69. The monoisotopic (exact) mass is 261 g/mol. The number of benzene rings is 1. The number of nitrogens with zero attached hydrogens (tertiary/aromatic N) is 1. The Hall–Kier alpha value is -0.990. The Balaban J connectivity index is 3.27. The van der Waals surface area contributed by atoms with Crippen LogP contribution in [0, 0.1) is 11.3 Å². The fraction of sp³-hybridized carbons (Fsp3) is 0.222. The van der Waals surface area contributed by atoms with Crippen molar-refractivity contribution in [1.82, 2.24) is 0 Å². The minimum Gasteiger partial charge on any atom is -0.390 e. The van der Waals surface area contributed by atoms with Crippen LogP contribution in [0.3, 0.4) is 0 Å². The minimum absolute atomic E-state index is 0.135. The highest BCUT2D eigenvalue weighted by atomic mass is 79.9. The van der Waals surface area contributed by atoms with Crippen LogP contribution >= 0.6 is 15.9 Å². The van der Waals surface area contributed by atoms with Crippen molar-refractivity contribution in [1.29, 1.82) is 5.26 Å². The van der Waals surface area contributed by atoms with Gasteiger partial charge in [-0.1, -0.05) is 15.9 Å². The smallest absolute Gasteiger partial charge is 0.296 e. The van der Waals surface area contributed by atoms with E-state index < -0.39 is 12.5 Å². The highest BCUT2D eigenvalue weighted by Crippen LogP contribution is 2.33. The summed E-state index contributed by atoms with van der Waals surface area (Å²) in [5.41, 5.74) is -0.240. The van der Waals surface area contributed by atoms with Crippen molar-refractivity contribution in [3.8, 4) is 6.07 Å². The SMILES string of the molecule is N#Cc1ccc(Br)c(C(F)(F)CO)c1. The second-order valence-corrected chi connectivity index (χ2v) is 3.52. The predicted octanol–water partition coefficient (Wildman–Crippen LogP) is 2.40. The molecule has 0 aliphatic rings. The van der Waals surface area contributed by atoms with Crippen molar-refractivity contribution in [2.45, 2.75) is 5.92 Å². The van der Waals surface area contributed by atoms with Crippen LogP contribution < -0.4 is 0 Å². The molecule has 0 saturated carbocycles. The molecule has 0 amide bonds. The van der Waals surface area contributed by atoms with Crippen LogP contribution in [0.25, 0.3) is 0 Å². The van der Waals surface area contributed by atoms with Crippen molar-refractivity contribution < 1.29 is 13.9 Å². The summed E-state index contributed by atoms with van der Waals surface area (Å²) in [6, 6.07) is 5.59. The Bertz CT molecular complexity index is 387. The first-order valence-corrected chi connectivity index (χ1v) is 4.49. The molecule has 74 valence electrons. The highest BCUT2D eigenvalue weighted by molar-refractivity contribution is 9.10. The maximum Gasteiger partial charge on any atom is 0.296 e. The van der Waals surface area contributed by atoms with Gasteiger partial charge in [0.05, 0.1) is 11.6 Å². The third-order valence-corrected chi connectivity index (χ3v) is 2.38. The zero-order valence-corrected chi connectivity index (χ0v) is 8.55. The van der Waals surface area contributed by atoms with Crippen molar-refractivity contribution in [3.05, 3.63) is 33.8 Å². The van der Waals surface area contributed by atoms with Crippen LogP contribution in [-0.2, 0) is 5.92 Å². The van der Waals surface area contributed by atoms with E-state index in [0.29, 0.717) is 0 Å². The second kappa shape index (κ2) is 4.03. The molecular weight excluding hydrogens is 256 g/mol. The van der Waals surface area contributed by atoms with E-state index in [-0.39, 0.29) is 15.6 Å². The van der Waals surface area contributed by atoms with Gasteiger partial charge in [-0.25, -0.2) is 0 Å². The van der Waals surface area contributed by atoms with Crippen LogP contribution in [0.1, 0.15) is 11.1 Å². The van der Waals surface area contributed by atoms with Gasteiger partial charge in [-0.05, 0) is 18.2 Å².